The molecule has 0 spiro atoms. The first-order chi connectivity index (χ1) is 15.0. The fraction of sp³-hybridized carbons (Fsp3) is 0.391. The lowest BCUT2D eigenvalue weighted by Gasteiger charge is -2.23. The van der Waals surface area contributed by atoms with Gasteiger partial charge in [-0.3, -0.25) is 9.69 Å². The summed E-state index contributed by atoms with van der Waals surface area (Å²) in [5.41, 5.74) is 3.28. The molecule has 3 aromatic heterocycles. The SMILES string of the molecule is Cc1noc2nc(C(C)C)cc(C(=O)N(CC3CCCO3)c3nc4ccccc4s3)c12. The summed E-state index contributed by atoms with van der Waals surface area (Å²) in [5, 5.41) is 5.40. The minimum atomic E-state index is -0.129. The van der Waals surface area contributed by atoms with Gasteiger partial charge >= 0.3 is 0 Å². The van der Waals surface area contributed by atoms with E-state index in [0.29, 0.717) is 34.0 Å². The average molecular weight is 437 g/mol. The molecule has 1 aliphatic rings. The Labute approximate surface area is 184 Å². The van der Waals surface area contributed by atoms with Crippen LogP contribution in [0.1, 0.15) is 54.4 Å². The molecule has 0 bridgehead atoms. The van der Waals surface area contributed by atoms with E-state index in [1.807, 2.05) is 51.1 Å². The molecule has 8 heteroatoms. The lowest BCUT2D eigenvalue weighted by molar-refractivity contribution is 0.0918. The van der Waals surface area contributed by atoms with Gasteiger partial charge in [-0.2, -0.15) is 0 Å². The molecule has 4 aromatic rings. The third-order valence-corrected chi connectivity index (χ3v) is 6.69. The number of carbonyl (C=O) groups is 1. The third kappa shape index (κ3) is 3.70. The predicted molar refractivity (Wildman–Crippen MR) is 121 cm³/mol. The molecule has 1 aromatic carbocycles. The van der Waals surface area contributed by atoms with Crippen LogP contribution in [0.15, 0.2) is 34.9 Å². The van der Waals surface area contributed by atoms with Gasteiger partial charge in [0.15, 0.2) is 5.13 Å². The maximum atomic E-state index is 14.0. The topological polar surface area (TPSA) is 81.4 Å². The molecular formula is C23H24N4O3S. The molecule has 1 amide bonds. The second-order valence-corrected chi connectivity index (χ2v) is 9.22. The van der Waals surface area contributed by atoms with Gasteiger partial charge in [0.05, 0.1) is 39.5 Å². The van der Waals surface area contributed by atoms with Crippen LogP contribution < -0.4 is 4.90 Å². The number of nitrogens with zero attached hydrogens (tertiary/aromatic N) is 4. The Morgan fingerprint density at radius 3 is 2.87 bits per heavy atom. The van der Waals surface area contributed by atoms with Crippen LogP contribution in [0.3, 0.4) is 0 Å². The van der Waals surface area contributed by atoms with Gasteiger partial charge in [-0.25, -0.2) is 9.97 Å². The van der Waals surface area contributed by atoms with E-state index in [2.05, 4.69) is 10.1 Å². The monoisotopic (exact) mass is 436 g/mol. The van der Waals surface area contributed by atoms with Gasteiger partial charge in [0, 0.05) is 12.3 Å². The average Bonchev–Trinajstić information content (AvgIpc) is 3.50. The number of fused-ring (bicyclic) bond motifs is 2. The van der Waals surface area contributed by atoms with Gasteiger partial charge in [0.25, 0.3) is 11.6 Å². The minimum absolute atomic E-state index is 0.00133. The molecule has 0 saturated carbocycles. The van der Waals surface area contributed by atoms with Crippen molar-refractivity contribution in [3.8, 4) is 0 Å². The van der Waals surface area contributed by atoms with Crippen LogP contribution in [0.4, 0.5) is 5.13 Å². The number of rotatable bonds is 5. The van der Waals surface area contributed by atoms with Crippen LogP contribution in [-0.4, -0.2) is 40.3 Å². The highest BCUT2D eigenvalue weighted by molar-refractivity contribution is 7.22. The summed E-state index contributed by atoms with van der Waals surface area (Å²) in [5.74, 6) is 0.0191. The van der Waals surface area contributed by atoms with Crippen molar-refractivity contribution < 1.29 is 14.1 Å². The van der Waals surface area contributed by atoms with Crippen LogP contribution >= 0.6 is 11.3 Å². The molecule has 1 saturated heterocycles. The van der Waals surface area contributed by atoms with E-state index in [9.17, 15) is 4.79 Å². The zero-order valence-corrected chi connectivity index (χ0v) is 18.6. The van der Waals surface area contributed by atoms with Crippen molar-refractivity contribution in [1.82, 2.24) is 15.1 Å². The van der Waals surface area contributed by atoms with Gasteiger partial charge < -0.3 is 9.26 Å². The highest BCUT2D eigenvalue weighted by Gasteiger charge is 2.30. The fourth-order valence-electron chi connectivity index (χ4n) is 3.94. The fourth-order valence-corrected chi connectivity index (χ4v) is 4.91. The molecule has 7 nitrogen and oxygen atoms in total. The molecule has 31 heavy (non-hydrogen) atoms. The second kappa shape index (κ2) is 8.01. The first-order valence-electron chi connectivity index (χ1n) is 10.6. The number of pyridine rings is 1. The van der Waals surface area contributed by atoms with Crippen LogP contribution in [0, 0.1) is 6.92 Å². The number of benzene rings is 1. The molecule has 4 heterocycles. The Balaban J connectivity index is 1.63. The van der Waals surface area contributed by atoms with E-state index in [0.717, 1.165) is 35.4 Å². The molecule has 1 unspecified atom stereocenters. The van der Waals surface area contributed by atoms with E-state index in [-0.39, 0.29) is 17.9 Å². The van der Waals surface area contributed by atoms with Gasteiger partial charge in [-0.1, -0.05) is 42.5 Å². The molecule has 5 rings (SSSR count). The summed E-state index contributed by atoms with van der Waals surface area (Å²) in [6, 6.07) is 9.81. The molecular weight excluding hydrogens is 412 g/mol. The summed E-state index contributed by atoms with van der Waals surface area (Å²) in [6.45, 7) is 7.12. The van der Waals surface area contributed by atoms with Crippen LogP contribution in [-0.2, 0) is 4.74 Å². The Morgan fingerprint density at radius 2 is 2.13 bits per heavy atom. The minimum Gasteiger partial charge on any atom is -0.376 e. The Bertz CT molecular complexity index is 1220. The van der Waals surface area contributed by atoms with Gasteiger partial charge in [-0.05, 0) is 43.9 Å². The molecule has 0 N–H and O–H groups in total. The lowest BCUT2D eigenvalue weighted by Crippen LogP contribution is -2.37. The third-order valence-electron chi connectivity index (χ3n) is 5.63. The van der Waals surface area contributed by atoms with Crippen LogP contribution in [0.5, 0.6) is 0 Å². The number of hydrogen-bond acceptors (Lipinski definition) is 7. The molecule has 0 aliphatic carbocycles. The summed E-state index contributed by atoms with van der Waals surface area (Å²) in [6.07, 6.45) is 1.94. The summed E-state index contributed by atoms with van der Waals surface area (Å²) >= 11 is 1.52. The number of anilines is 1. The maximum Gasteiger partial charge on any atom is 0.261 e. The van der Waals surface area contributed by atoms with E-state index in [1.54, 1.807) is 4.90 Å². The lowest BCUT2D eigenvalue weighted by atomic mass is 10.0. The van der Waals surface area contributed by atoms with E-state index in [4.69, 9.17) is 14.2 Å². The molecule has 1 fully saturated rings. The van der Waals surface area contributed by atoms with Crippen molar-refractivity contribution in [3.05, 3.63) is 47.3 Å². The zero-order chi connectivity index (χ0) is 21.5. The number of aryl methyl sites for hydroxylation is 1. The Kier molecular flexibility index (Phi) is 5.19. The number of thiazole rings is 1. The summed E-state index contributed by atoms with van der Waals surface area (Å²) in [4.78, 5) is 25.1. The van der Waals surface area contributed by atoms with Crippen LogP contribution in [0.25, 0.3) is 21.3 Å². The smallest absolute Gasteiger partial charge is 0.261 e. The van der Waals surface area contributed by atoms with Crippen molar-refractivity contribution in [2.24, 2.45) is 0 Å². The highest BCUT2D eigenvalue weighted by atomic mass is 32.1. The Morgan fingerprint density at radius 1 is 1.29 bits per heavy atom. The van der Waals surface area contributed by atoms with Gasteiger partial charge in [0.1, 0.15) is 0 Å². The quantitative estimate of drug-likeness (QED) is 0.433. The number of amides is 1. The molecule has 1 aliphatic heterocycles. The first-order valence-corrected chi connectivity index (χ1v) is 11.4. The summed E-state index contributed by atoms with van der Waals surface area (Å²) < 4.78 is 12.3. The normalized spacial score (nSPS) is 16.6. The predicted octanol–water partition coefficient (Wildman–Crippen LogP) is 5.09. The van der Waals surface area contributed by atoms with Crippen LogP contribution in [0.2, 0.25) is 0 Å². The number of hydrogen-bond donors (Lipinski definition) is 0. The van der Waals surface area contributed by atoms with Crippen molar-refractivity contribution in [2.75, 3.05) is 18.1 Å². The molecule has 0 radical (unpaired) electrons. The second-order valence-electron chi connectivity index (χ2n) is 8.21. The zero-order valence-electron chi connectivity index (χ0n) is 17.8. The molecule has 160 valence electrons. The van der Waals surface area contributed by atoms with Crippen molar-refractivity contribution >= 4 is 43.7 Å². The van der Waals surface area contributed by atoms with E-state index < -0.39 is 0 Å². The van der Waals surface area contributed by atoms with Gasteiger partial charge in [0.2, 0.25) is 0 Å². The van der Waals surface area contributed by atoms with E-state index in [1.165, 1.54) is 11.3 Å². The standard InChI is InChI=1S/C23H24N4O3S/c1-13(2)18-11-16(20-14(3)26-30-21(20)24-18)22(28)27(12-15-7-6-10-29-15)23-25-17-8-4-5-9-19(17)31-23/h4-5,8-9,11,13,15H,6-7,10,12H2,1-3H3. The number of ether oxygens (including phenoxy) is 1. The van der Waals surface area contributed by atoms with E-state index >= 15 is 0 Å². The number of aromatic nitrogens is 3. The van der Waals surface area contributed by atoms with Gasteiger partial charge in [-0.15, -0.1) is 0 Å². The number of para-hydroxylation sites is 1. The van der Waals surface area contributed by atoms with Crippen molar-refractivity contribution in [3.63, 3.8) is 0 Å². The van der Waals surface area contributed by atoms with Crippen molar-refractivity contribution in [1.29, 1.82) is 0 Å². The maximum absolute atomic E-state index is 14.0. The number of carbonyl (C=O) groups excluding carboxylic acids is 1. The highest BCUT2D eigenvalue weighted by Crippen LogP contribution is 2.33. The molecule has 1 atom stereocenters. The largest absolute Gasteiger partial charge is 0.376 e. The Hall–Kier alpha value is -2.84. The summed E-state index contributed by atoms with van der Waals surface area (Å²) in [7, 11) is 0. The van der Waals surface area contributed by atoms with Crippen molar-refractivity contribution in [2.45, 2.75) is 45.6 Å². The first kappa shape index (κ1) is 20.1.